The number of nitrogens with zero attached hydrogens (tertiary/aromatic N) is 1. The van der Waals surface area contributed by atoms with E-state index < -0.39 is 12.0 Å². The molecule has 0 fully saturated rings. The Balaban J connectivity index is 2.36. The number of nitroso groups, excluding NO2 is 1. The first-order valence-electron chi connectivity index (χ1n) is 6.20. The lowest BCUT2D eigenvalue weighted by molar-refractivity contribution is -0.149. The largest absolute Gasteiger partial charge is 0.461 e. The van der Waals surface area contributed by atoms with Crippen molar-refractivity contribution in [2.45, 2.75) is 45.3 Å². The van der Waals surface area contributed by atoms with Crippen molar-refractivity contribution in [1.82, 2.24) is 0 Å². The van der Waals surface area contributed by atoms with E-state index in [4.69, 9.17) is 4.74 Å². The van der Waals surface area contributed by atoms with Crippen molar-refractivity contribution < 1.29 is 9.53 Å². The lowest BCUT2D eigenvalue weighted by Crippen LogP contribution is -2.24. The molecule has 0 aliphatic rings. The van der Waals surface area contributed by atoms with Gasteiger partial charge in [-0.3, -0.25) is 0 Å². The zero-order valence-electron chi connectivity index (χ0n) is 10.8. The van der Waals surface area contributed by atoms with E-state index in [-0.39, 0.29) is 6.10 Å². The molecule has 0 aliphatic carbocycles. The highest BCUT2D eigenvalue weighted by atomic mass is 16.5. The highest BCUT2D eigenvalue weighted by molar-refractivity contribution is 5.76. The van der Waals surface area contributed by atoms with Crippen LogP contribution in [0.1, 0.15) is 32.3 Å². The Labute approximate surface area is 107 Å². The van der Waals surface area contributed by atoms with E-state index in [1.807, 2.05) is 30.3 Å². The van der Waals surface area contributed by atoms with Crippen molar-refractivity contribution >= 4 is 5.97 Å². The number of esters is 1. The summed E-state index contributed by atoms with van der Waals surface area (Å²) in [4.78, 5) is 22.1. The molecule has 0 bridgehead atoms. The first-order valence-corrected chi connectivity index (χ1v) is 6.20. The molecule has 18 heavy (non-hydrogen) atoms. The van der Waals surface area contributed by atoms with Gasteiger partial charge in [-0.25, -0.2) is 4.79 Å². The van der Waals surface area contributed by atoms with Crippen LogP contribution in [0.4, 0.5) is 0 Å². The number of carbonyl (C=O) groups is 1. The molecule has 1 aromatic rings. The molecule has 4 nitrogen and oxygen atoms in total. The quantitative estimate of drug-likeness (QED) is 0.551. The summed E-state index contributed by atoms with van der Waals surface area (Å²) in [5.74, 6) is -0.520. The van der Waals surface area contributed by atoms with Gasteiger partial charge in [-0.1, -0.05) is 35.5 Å². The van der Waals surface area contributed by atoms with Gasteiger partial charge in [0.2, 0.25) is 0 Å². The highest BCUT2D eigenvalue weighted by Crippen LogP contribution is 2.10. The van der Waals surface area contributed by atoms with Gasteiger partial charge in [0.25, 0.3) is 0 Å². The van der Waals surface area contributed by atoms with Crippen molar-refractivity contribution in [3.8, 4) is 0 Å². The Morgan fingerprint density at radius 2 is 1.94 bits per heavy atom. The summed E-state index contributed by atoms with van der Waals surface area (Å²) < 4.78 is 4.97. The SMILES string of the molecule is CC(C)OC(=O)C(CCCc1ccccc1)N=O. The summed E-state index contributed by atoms with van der Waals surface area (Å²) in [5.41, 5.74) is 1.19. The third kappa shape index (κ3) is 5.08. The standard InChI is InChI=1S/C14H19NO3/c1-11(2)18-14(16)13(15-17)10-6-9-12-7-4-3-5-8-12/h3-5,7-8,11,13H,6,9-10H2,1-2H3. The fourth-order valence-electron chi connectivity index (χ4n) is 1.67. The number of rotatable bonds is 7. The molecule has 98 valence electrons. The summed E-state index contributed by atoms with van der Waals surface area (Å²) in [6.45, 7) is 3.51. The van der Waals surface area contributed by atoms with Crippen LogP contribution >= 0.6 is 0 Å². The number of aryl methyl sites for hydroxylation is 1. The molecule has 1 rings (SSSR count). The van der Waals surface area contributed by atoms with E-state index in [0.717, 1.165) is 12.8 Å². The zero-order valence-corrected chi connectivity index (χ0v) is 10.8. The first-order chi connectivity index (χ1) is 8.63. The Morgan fingerprint density at radius 3 is 2.50 bits per heavy atom. The fraction of sp³-hybridized carbons (Fsp3) is 0.500. The average Bonchev–Trinajstić information content (AvgIpc) is 2.35. The molecule has 4 heteroatoms. The minimum atomic E-state index is -0.879. The topological polar surface area (TPSA) is 55.7 Å². The third-order valence-corrected chi connectivity index (χ3v) is 2.54. The van der Waals surface area contributed by atoms with E-state index >= 15 is 0 Å². The van der Waals surface area contributed by atoms with E-state index in [0.29, 0.717) is 6.42 Å². The van der Waals surface area contributed by atoms with Crippen LogP contribution in [0.5, 0.6) is 0 Å². The van der Waals surface area contributed by atoms with Gasteiger partial charge in [-0.2, -0.15) is 0 Å². The fourth-order valence-corrected chi connectivity index (χ4v) is 1.67. The van der Waals surface area contributed by atoms with Crippen molar-refractivity contribution in [2.24, 2.45) is 5.18 Å². The Bertz CT molecular complexity index is 376. The van der Waals surface area contributed by atoms with Gasteiger partial charge in [0.05, 0.1) is 6.10 Å². The second kappa shape index (κ2) is 7.58. The summed E-state index contributed by atoms with van der Waals surface area (Å²) in [5, 5.41) is 2.85. The van der Waals surface area contributed by atoms with Crippen LogP contribution in [-0.2, 0) is 16.0 Å². The normalized spacial score (nSPS) is 12.2. The van der Waals surface area contributed by atoms with Crippen LogP contribution in [-0.4, -0.2) is 18.1 Å². The molecular formula is C14H19NO3. The number of hydrogen-bond acceptors (Lipinski definition) is 4. The zero-order chi connectivity index (χ0) is 13.4. The maximum Gasteiger partial charge on any atom is 0.334 e. The van der Waals surface area contributed by atoms with E-state index in [1.165, 1.54) is 5.56 Å². The van der Waals surface area contributed by atoms with E-state index in [1.54, 1.807) is 13.8 Å². The van der Waals surface area contributed by atoms with Crippen LogP contribution < -0.4 is 0 Å². The molecule has 1 atom stereocenters. The monoisotopic (exact) mass is 249 g/mol. The maximum atomic E-state index is 11.5. The number of hydrogen-bond donors (Lipinski definition) is 0. The molecule has 0 radical (unpaired) electrons. The summed E-state index contributed by atoms with van der Waals surface area (Å²) in [6, 6.07) is 9.07. The molecule has 1 aromatic carbocycles. The van der Waals surface area contributed by atoms with Crippen LogP contribution in [0.15, 0.2) is 35.5 Å². The molecular weight excluding hydrogens is 230 g/mol. The molecule has 1 unspecified atom stereocenters. The van der Waals surface area contributed by atoms with Crippen LogP contribution in [0, 0.1) is 4.91 Å². The van der Waals surface area contributed by atoms with Crippen LogP contribution in [0.3, 0.4) is 0 Å². The minimum absolute atomic E-state index is 0.212. The average molecular weight is 249 g/mol. The Kier molecular flexibility index (Phi) is 6.05. The molecule has 0 spiro atoms. The lowest BCUT2D eigenvalue weighted by Gasteiger charge is -2.11. The number of ether oxygens (including phenoxy) is 1. The van der Waals surface area contributed by atoms with Gasteiger partial charge in [0.15, 0.2) is 6.04 Å². The van der Waals surface area contributed by atoms with Crippen molar-refractivity contribution in [1.29, 1.82) is 0 Å². The van der Waals surface area contributed by atoms with Gasteiger partial charge >= 0.3 is 5.97 Å². The minimum Gasteiger partial charge on any atom is -0.461 e. The predicted molar refractivity (Wildman–Crippen MR) is 70.2 cm³/mol. The number of benzene rings is 1. The molecule has 0 saturated heterocycles. The molecule has 0 aromatic heterocycles. The summed E-state index contributed by atoms with van der Waals surface area (Å²) in [7, 11) is 0. The van der Waals surface area contributed by atoms with Crippen LogP contribution in [0.25, 0.3) is 0 Å². The van der Waals surface area contributed by atoms with Crippen molar-refractivity contribution in [3.63, 3.8) is 0 Å². The van der Waals surface area contributed by atoms with Gasteiger partial charge in [-0.05, 0) is 38.7 Å². The highest BCUT2D eigenvalue weighted by Gasteiger charge is 2.21. The van der Waals surface area contributed by atoms with Gasteiger partial charge in [-0.15, -0.1) is 4.91 Å². The van der Waals surface area contributed by atoms with E-state index in [2.05, 4.69) is 5.18 Å². The second-order valence-electron chi connectivity index (χ2n) is 4.48. The first kappa shape index (κ1) is 14.4. The van der Waals surface area contributed by atoms with E-state index in [9.17, 15) is 9.70 Å². The Hall–Kier alpha value is -1.71. The van der Waals surface area contributed by atoms with Crippen LogP contribution in [0.2, 0.25) is 0 Å². The maximum absolute atomic E-state index is 11.5. The second-order valence-corrected chi connectivity index (χ2v) is 4.48. The summed E-state index contributed by atoms with van der Waals surface area (Å²) >= 11 is 0. The third-order valence-electron chi connectivity index (χ3n) is 2.54. The predicted octanol–water partition coefficient (Wildman–Crippen LogP) is 3.10. The Morgan fingerprint density at radius 1 is 1.28 bits per heavy atom. The molecule has 0 N–H and O–H groups in total. The molecule has 0 aliphatic heterocycles. The lowest BCUT2D eigenvalue weighted by atomic mass is 10.1. The molecule has 0 amide bonds. The molecule has 0 heterocycles. The van der Waals surface area contributed by atoms with Gasteiger partial charge in [0, 0.05) is 0 Å². The van der Waals surface area contributed by atoms with Crippen molar-refractivity contribution in [2.75, 3.05) is 0 Å². The van der Waals surface area contributed by atoms with Gasteiger partial charge < -0.3 is 4.74 Å². The number of carbonyl (C=O) groups excluding carboxylic acids is 1. The van der Waals surface area contributed by atoms with Gasteiger partial charge in [0.1, 0.15) is 0 Å². The molecule has 0 saturated carbocycles. The summed E-state index contributed by atoms with van der Waals surface area (Å²) in [6.07, 6.45) is 1.80. The van der Waals surface area contributed by atoms with Crippen molar-refractivity contribution in [3.05, 3.63) is 40.8 Å². The smallest absolute Gasteiger partial charge is 0.334 e.